The molecule has 1 heterocycles. The summed E-state index contributed by atoms with van der Waals surface area (Å²) in [7, 11) is 2.09. The molecule has 0 spiro atoms. The molecule has 1 fully saturated rings. The van der Waals surface area contributed by atoms with Crippen molar-refractivity contribution in [1.82, 2.24) is 9.80 Å². The molecule has 1 aliphatic heterocycles. The Balaban J connectivity index is 2.19. The molecular weight excluding hydrogens is 226 g/mol. The summed E-state index contributed by atoms with van der Waals surface area (Å²) in [4.78, 5) is 16.6. The maximum Gasteiger partial charge on any atom is 0.256 e. The summed E-state index contributed by atoms with van der Waals surface area (Å²) in [5.74, 6) is 0.0520. The van der Waals surface area contributed by atoms with Crippen molar-refractivity contribution in [2.45, 2.75) is 19.9 Å². The lowest BCUT2D eigenvalue weighted by Crippen LogP contribution is -2.52. The summed E-state index contributed by atoms with van der Waals surface area (Å²) in [5, 5.41) is 0. The highest BCUT2D eigenvalue weighted by atomic mass is 16.2. The summed E-state index contributed by atoms with van der Waals surface area (Å²) in [6.45, 7) is 6.52. The molecule has 18 heavy (non-hydrogen) atoms. The topological polar surface area (TPSA) is 49.6 Å². The Labute approximate surface area is 108 Å². The summed E-state index contributed by atoms with van der Waals surface area (Å²) < 4.78 is 0. The summed E-state index contributed by atoms with van der Waals surface area (Å²) in [5.41, 5.74) is 8.19. The van der Waals surface area contributed by atoms with Crippen LogP contribution in [0, 0.1) is 6.92 Å². The van der Waals surface area contributed by atoms with Crippen molar-refractivity contribution in [3.8, 4) is 0 Å². The lowest BCUT2D eigenvalue weighted by Gasteiger charge is -2.37. The molecule has 2 N–H and O–H groups in total. The van der Waals surface area contributed by atoms with Gasteiger partial charge in [-0.3, -0.25) is 4.79 Å². The van der Waals surface area contributed by atoms with Gasteiger partial charge < -0.3 is 15.5 Å². The van der Waals surface area contributed by atoms with Crippen molar-refractivity contribution in [3.63, 3.8) is 0 Å². The van der Waals surface area contributed by atoms with Gasteiger partial charge in [0.2, 0.25) is 0 Å². The van der Waals surface area contributed by atoms with Gasteiger partial charge in [-0.2, -0.15) is 0 Å². The highest BCUT2D eigenvalue weighted by Gasteiger charge is 2.26. The third-order valence-electron chi connectivity index (χ3n) is 3.80. The fourth-order valence-electron chi connectivity index (χ4n) is 2.27. The van der Waals surface area contributed by atoms with Crippen LogP contribution in [0.2, 0.25) is 0 Å². The number of rotatable bonds is 1. The van der Waals surface area contributed by atoms with Crippen molar-refractivity contribution in [2.75, 3.05) is 32.4 Å². The van der Waals surface area contributed by atoms with Gasteiger partial charge in [0.15, 0.2) is 0 Å². The van der Waals surface area contributed by atoms with Gasteiger partial charge in [0.1, 0.15) is 0 Å². The van der Waals surface area contributed by atoms with Gasteiger partial charge in [0.05, 0.1) is 5.56 Å². The maximum atomic E-state index is 12.5. The molecule has 1 atom stereocenters. The molecule has 1 aromatic rings. The average Bonchev–Trinajstić information content (AvgIpc) is 2.35. The van der Waals surface area contributed by atoms with Gasteiger partial charge in [-0.05, 0) is 32.5 Å². The summed E-state index contributed by atoms with van der Waals surface area (Å²) >= 11 is 0. The quantitative estimate of drug-likeness (QED) is 0.762. The molecule has 1 saturated heterocycles. The molecule has 0 aromatic heterocycles. The van der Waals surface area contributed by atoms with E-state index in [1.165, 1.54) is 0 Å². The molecule has 98 valence electrons. The van der Waals surface area contributed by atoms with Gasteiger partial charge in [-0.1, -0.05) is 12.1 Å². The fourth-order valence-corrected chi connectivity index (χ4v) is 2.27. The number of nitrogen functional groups attached to an aromatic ring is 1. The van der Waals surface area contributed by atoms with E-state index in [0.29, 0.717) is 17.3 Å². The van der Waals surface area contributed by atoms with Crippen molar-refractivity contribution < 1.29 is 4.79 Å². The van der Waals surface area contributed by atoms with Crippen molar-refractivity contribution in [1.29, 1.82) is 0 Å². The number of para-hydroxylation sites is 1. The van der Waals surface area contributed by atoms with Crippen LogP contribution in [0.5, 0.6) is 0 Å². The number of nitrogens with two attached hydrogens (primary N) is 1. The van der Waals surface area contributed by atoms with E-state index < -0.39 is 0 Å². The minimum absolute atomic E-state index is 0.0520. The number of piperazine rings is 1. The number of hydrogen-bond acceptors (Lipinski definition) is 3. The van der Waals surface area contributed by atoms with Crippen LogP contribution < -0.4 is 5.73 Å². The third-order valence-corrected chi connectivity index (χ3v) is 3.80. The normalized spacial score (nSPS) is 21.1. The number of carbonyl (C=O) groups is 1. The molecule has 1 aromatic carbocycles. The number of likely N-dealkylation sites (N-methyl/N-ethyl adjacent to an activating group) is 1. The van der Waals surface area contributed by atoms with Crippen LogP contribution in [0.3, 0.4) is 0 Å². The largest absolute Gasteiger partial charge is 0.398 e. The molecular formula is C14H21N3O. The van der Waals surface area contributed by atoms with Gasteiger partial charge in [-0.15, -0.1) is 0 Å². The van der Waals surface area contributed by atoms with Crippen LogP contribution in [-0.2, 0) is 0 Å². The zero-order valence-corrected chi connectivity index (χ0v) is 11.3. The molecule has 1 amide bonds. The number of carbonyl (C=O) groups excluding carboxylic acids is 1. The Bertz CT molecular complexity index is 458. The molecule has 0 radical (unpaired) electrons. The second-order valence-corrected chi connectivity index (χ2v) is 5.12. The van der Waals surface area contributed by atoms with Crippen LogP contribution in [0.1, 0.15) is 22.8 Å². The Morgan fingerprint density at radius 1 is 1.39 bits per heavy atom. The molecule has 2 rings (SSSR count). The van der Waals surface area contributed by atoms with E-state index in [4.69, 9.17) is 5.73 Å². The molecule has 4 heteroatoms. The molecule has 0 saturated carbocycles. The molecule has 0 aliphatic carbocycles. The first kappa shape index (κ1) is 12.9. The molecule has 0 bridgehead atoms. The first-order valence-corrected chi connectivity index (χ1v) is 6.35. The molecule has 4 nitrogen and oxygen atoms in total. The number of hydrogen-bond donors (Lipinski definition) is 1. The van der Waals surface area contributed by atoms with Gasteiger partial charge in [0.25, 0.3) is 5.91 Å². The van der Waals surface area contributed by atoms with E-state index in [1.54, 1.807) is 0 Å². The Morgan fingerprint density at radius 3 is 2.78 bits per heavy atom. The highest BCUT2D eigenvalue weighted by Crippen LogP contribution is 2.20. The average molecular weight is 247 g/mol. The van der Waals surface area contributed by atoms with Crippen molar-refractivity contribution in [2.24, 2.45) is 0 Å². The standard InChI is InChI=1S/C14H21N3O/c1-10-5-4-6-12(13(10)15)14(18)17-8-7-16(3)11(2)9-17/h4-6,11H,7-9,15H2,1-3H3. The van der Waals surface area contributed by atoms with Gasteiger partial charge in [-0.25, -0.2) is 0 Å². The Kier molecular flexibility index (Phi) is 3.57. The highest BCUT2D eigenvalue weighted by molar-refractivity contribution is 5.99. The van der Waals surface area contributed by atoms with Crippen LogP contribution in [-0.4, -0.2) is 48.4 Å². The smallest absolute Gasteiger partial charge is 0.256 e. The van der Waals surface area contributed by atoms with E-state index >= 15 is 0 Å². The van der Waals surface area contributed by atoms with E-state index in [2.05, 4.69) is 18.9 Å². The lowest BCUT2D eigenvalue weighted by atomic mass is 10.1. The van der Waals surface area contributed by atoms with Crippen molar-refractivity contribution >= 4 is 11.6 Å². The van der Waals surface area contributed by atoms with E-state index in [0.717, 1.165) is 25.2 Å². The van der Waals surface area contributed by atoms with E-state index in [9.17, 15) is 4.79 Å². The summed E-state index contributed by atoms with van der Waals surface area (Å²) in [6, 6.07) is 6.03. The zero-order chi connectivity index (χ0) is 13.3. The van der Waals surface area contributed by atoms with Gasteiger partial charge in [0, 0.05) is 31.4 Å². The predicted octanol–water partition coefficient (Wildman–Crippen LogP) is 1.35. The number of benzene rings is 1. The minimum atomic E-state index is 0.0520. The Hall–Kier alpha value is -1.55. The number of anilines is 1. The molecule has 1 aliphatic rings. The van der Waals surface area contributed by atoms with E-state index in [1.807, 2.05) is 30.0 Å². The van der Waals surface area contributed by atoms with Crippen LogP contribution in [0.4, 0.5) is 5.69 Å². The Morgan fingerprint density at radius 2 is 2.11 bits per heavy atom. The monoisotopic (exact) mass is 247 g/mol. The van der Waals surface area contributed by atoms with Crippen LogP contribution in [0.15, 0.2) is 18.2 Å². The SMILES string of the molecule is Cc1cccc(C(=O)N2CCN(C)C(C)C2)c1N. The van der Waals surface area contributed by atoms with Crippen molar-refractivity contribution in [3.05, 3.63) is 29.3 Å². The lowest BCUT2D eigenvalue weighted by molar-refractivity contribution is 0.0573. The van der Waals surface area contributed by atoms with Crippen LogP contribution >= 0.6 is 0 Å². The minimum Gasteiger partial charge on any atom is -0.398 e. The first-order chi connectivity index (χ1) is 8.50. The fraction of sp³-hybridized carbons (Fsp3) is 0.500. The number of aryl methyl sites for hydroxylation is 1. The van der Waals surface area contributed by atoms with Crippen LogP contribution in [0.25, 0.3) is 0 Å². The molecule has 1 unspecified atom stereocenters. The first-order valence-electron chi connectivity index (χ1n) is 6.35. The number of amides is 1. The second-order valence-electron chi connectivity index (χ2n) is 5.12. The predicted molar refractivity (Wildman–Crippen MR) is 73.6 cm³/mol. The summed E-state index contributed by atoms with van der Waals surface area (Å²) in [6.07, 6.45) is 0. The zero-order valence-electron chi connectivity index (χ0n) is 11.3. The number of nitrogens with zero attached hydrogens (tertiary/aromatic N) is 2. The third kappa shape index (κ3) is 2.34. The van der Waals surface area contributed by atoms with Gasteiger partial charge >= 0.3 is 0 Å². The van der Waals surface area contributed by atoms with E-state index in [-0.39, 0.29) is 5.91 Å². The maximum absolute atomic E-state index is 12.5. The second kappa shape index (κ2) is 4.98.